The maximum atomic E-state index is 12.0. The molecular formula is C12H24N2O3. The molecule has 100 valence electrons. The third-order valence-corrected chi connectivity index (χ3v) is 3.27. The molecule has 0 saturated heterocycles. The number of urea groups is 1. The molecule has 0 rings (SSSR count). The van der Waals surface area contributed by atoms with Gasteiger partial charge in [0.15, 0.2) is 0 Å². The zero-order valence-corrected chi connectivity index (χ0v) is 11.5. The lowest BCUT2D eigenvalue weighted by atomic mass is 10.0. The second kappa shape index (κ2) is 6.47. The minimum absolute atomic E-state index is 0.0674. The van der Waals surface area contributed by atoms with Crippen molar-refractivity contribution in [1.29, 1.82) is 0 Å². The van der Waals surface area contributed by atoms with Crippen LogP contribution < -0.4 is 0 Å². The third-order valence-electron chi connectivity index (χ3n) is 3.27. The molecule has 17 heavy (non-hydrogen) atoms. The zero-order chi connectivity index (χ0) is 13.6. The first-order chi connectivity index (χ1) is 7.72. The molecule has 5 heteroatoms. The van der Waals surface area contributed by atoms with E-state index in [2.05, 4.69) is 0 Å². The second-order valence-electron chi connectivity index (χ2n) is 4.93. The molecule has 1 N–H and O–H groups in total. The fraction of sp³-hybridized carbons (Fsp3) is 0.833. The van der Waals surface area contributed by atoms with Crippen molar-refractivity contribution in [3.63, 3.8) is 0 Å². The van der Waals surface area contributed by atoms with Crippen LogP contribution in [0.4, 0.5) is 4.79 Å². The summed E-state index contributed by atoms with van der Waals surface area (Å²) in [5.41, 5.74) is -0.182. The average molecular weight is 244 g/mol. The highest BCUT2D eigenvalue weighted by molar-refractivity contribution is 5.74. The molecule has 5 nitrogen and oxygen atoms in total. The Labute approximate surface area is 103 Å². The first-order valence-corrected chi connectivity index (χ1v) is 5.93. The van der Waals surface area contributed by atoms with Crippen molar-refractivity contribution in [2.24, 2.45) is 0 Å². The molecule has 0 atom stereocenters. The van der Waals surface area contributed by atoms with Crippen LogP contribution in [0.25, 0.3) is 0 Å². The number of carbonyl (C=O) groups excluding carboxylic acids is 1. The largest absolute Gasteiger partial charge is 0.481 e. The fourth-order valence-electron chi connectivity index (χ4n) is 1.32. The molecule has 0 aliphatic heterocycles. The van der Waals surface area contributed by atoms with Gasteiger partial charge in [-0.05, 0) is 26.7 Å². The van der Waals surface area contributed by atoms with Crippen molar-refractivity contribution in [2.75, 3.05) is 20.6 Å². The summed E-state index contributed by atoms with van der Waals surface area (Å²) < 4.78 is 0. The van der Waals surface area contributed by atoms with Crippen LogP contribution in [-0.2, 0) is 4.79 Å². The van der Waals surface area contributed by atoms with Crippen LogP contribution in [0.15, 0.2) is 0 Å². The lowest BCUT2D eigenvalue weighted by molar-refractivity contribution is -0.137. The van der Waals surface area contributed by atoms with E-state index in [9.17, 15) is 9.59 Å². The van der Waals surface area contributed by atoms with E-state index >= 15 is 0 Å². The SMILES string of the molecule is CCC(C)(C)N(C)C(=O)N(C)CCCC(=O)O. The zero-order valence-electron chi connectivity index (χ0n) is 11.5. The van der Waals surface area contributed by atoms with E-state index in [1.54, 1.807) is 23.9 Å². The molecule has 0 spiro atoms. The predicted octanol–water partition coefficient (Wildman–Crippen LogP) is 2.02. The van der Waals surface area contributed by atoms with E-state index in [1.807, 2.05) is 20.8 Å². The Kier molecular flexibility index (Phi) is 5.99. The molecular weight excluding hydrogens is 220 g/mol. The smallest absolute Gasteiger partial charge is 0.319 e. The van der Waals surface area contributed by atoms with Crippen LogP contribution >= 0.6 is 0 Å². The van der Waals surface area contributed by atoms with Crippen LogP contribution in [0.5, 0.6) is 0 Å². The van der Waals surface area contributed by atoms with Crippen molar-refractivity contribution >= 4 is 12.0 Å². The Morgan fingerprint density at radius 2 is 1.76 bits per heavy atom. The molecule has 0 saturated carbocycles. The standard InChI is InChI=1S/C12H24N2O3/c1-6-12(2,3)14(5)11(17)13(4)9-7-8-10(15)16/h6-9H2,1-5H3,(H,15,16). The topological polar surface area (TPSA) is 60.9 Å². The monoisotopic (exact) mass is 244 g/mol. The summed E-state index contributed by atoms with van der Waals surface area (Å²) in [5.74, 6) is -0.826. The number of amides is 2. The van der Waals surface area contributed by atoms with Gasteiger partial charge in [0.25, 0.3) is 0 Å². The van der Waals surface area contributed by atoms with Crippen LogP contribution in [0.3, 0.4) is 0 Å². The predicted molar refractivity (Wildman–Crippen MR) is 67.0 cm³/mol. The molecule has 2 amide bonds. The normalized spacial score (nSPS) is 11.1. The number of carbonyl (C=O) groups is 2. The molecule has 0 unspecified atom stereocenters. The summed E-state index contributed by atoms with van der Waals surface area (Å²) in [6.45, 7) is 6.52. The van der Waals surface area contributed by atoms with E-state index in [4.69, 9.17) is 5.11 Å². The van der Waals surface area contributed by atoms with Gasteiger partial charge in [0, 0.05) is 32.6 Å². The summed E-state index contributed by atoms with van der Waals surface area (Å²) in [5, 5.41) is 8.53. The lowest BCUT2D eigenvalue weighted by Crippen LogP contribution is -2.49. The van der Waals surface area contributed by atoms with Crippen LogP contribution in [0.1, 0.15) is 40.0 Å². The Balaban J connectivity index is 4.25. The maximum absolute atomic E-state index is 12.0. The van der Waals surface area contributed by atoms with Crippen molar-refractivity contribution in [1.82, 2.24) is 9.80 Å². The number of hydrogen-bond donors (Lipinski definition) is 1. The summed E-state index contributed by atoms with van der Waals surface area (Å²) in [4.78, 5) is 25.7. The summed E-state index contributed by atoms with van der Waals surface area (Å²) in [6.07, 6.45) is 1.45. The second-order valence-corrected chi connectivity index (χ2v) is 4.93. The molecule has 0 aliphatic rings. The van der Waals surface area contributed by atoms with E-state index in [0.29, 0.717) is 13.0 Å². The number of carboxylic acids is 1. The fourth-order valence-corrected chi connectivity index (χ4v) is 1.32. The number of aliphatic carboxylic acids is 1. The summed E-state index contributed by atoms with van der Waals surface area (Å²) in [6, 6.07) is -0.0674. The first-order valence-electron chi connectivity index (χ1n) is 5.93. The minimum Gasteiger partial charge on any atom is -0.481 e. The van der Waals surface area contributed by atoms with Gasteiger partial charge in [-0.3, -0.25) is 4.79 Å². The van der Waals surface area contributed by atoms with Crippen LogP contribution in [0, 0.1) is 0 Å². The molecule has 0 aliphatic carbocycles. The Morgan fingerprint density at radius 3 is 2.18 bits per heavy atom. The summed E-state index contributed by atoms with van der Waals surface area (Å²) in [7, 11) is 3.48. The van der Waals surface area contributed by atoms with E-state index in [0.717, 1.165) is 6.42 Å². The Bertz CT molecular complexity index is 277. The minimum atomic E-state index is -0.826. The van der Waals surface area contributed by atoms with Gasteiger partial charge in [-0.25, -0.2) is 4.79 Å². The van der Waals surface area contributed by atoms with Crippen molar-refractivity contribution in [2.45, 2.75) is 45.6 Å². The summed E-state index contributed by atoms with van der Waals surface area (Å²) >= 11 is 0. The van der Waals surface area contributed by atoms with Crippen molar-refractivity contribution < 1.29 is 14.7 Å². The Morgan fingerprint density at radius 1 is 1.24 bits per heavy atom. The lowest BCUT2D eigenvalue weighted by Gasteiger charge is -2.37. The van der Waals surface area contributed by atoms with Crippen LogP contribution in [-0.4, -0.2) is 53.1 Å². The van der Waals surface area contributed by atoms with E-state index in [1.165, 1.54) is 0 Å². The highest BCUT2D eigenvalue weighted by Crippen LogP contribution is 2.17. The quantitative estimate of drug-likeness (QED) is 0.777. The number of nitrogens with zero attached hydrogens (tertiary/aromatic N) is 2. The number of carboxylic acid groups (broad SMARTS) is 1. The highest BCUT2D eigenvalue weighted by atomic mass is 16.4. The van der Waals surface area contributed by atoms with Gasteiger partial charge >= 0.3 is 12.0 Å². The van der Waals surface area contributed by atoms with Crippen LogP contribution in [0.2, 0.25) is 0 Å². The Hall–Kier alpha value is -1.26. The highest BCUT2D eigenvalue weighted by Gasteiger charge is 2.27. The molecule has 0 heterocycles. The van der Waals surface area contributed by atoms with E-state index < -0.39 is 5.97 Å². The number of hydrogen-bond acceptors (Lipinski definition) is 2. The molecule has 0 aromatic carbocycles. The molecule has 0 fully saturated rings. The van der Waals surface area contributed by atoms with Gasteiger partial charge in [-0.2, -0.15) is 0 Å². The van der Waals surface area contributed by atoms with E-state index in [-0.39, 0.29) is 18.0 Å². The van der Waals surface area contributed by atoms with Gasteiger partial charge in [-0.1, -0.05) is 6.92 Å². The van der Waals surface area contributed by atoms with Gasteiger partial charge in [0.2, 0.25) is 0 Å². The average Bonchev–Trinajstić information content (AvgIpc) is 2.26. The molecule has 0 aromatic heterocycles. The van der Waals surface area contributed by atoms with Gasteiger partial charge < -0.3 is 14.9 Å². The van der Waals surface area contributed by atoms with Gasteiger partial charge in [0.1, 0.15) is 0 Å². The van der Waals surface area contributed by atoms with Gasteiger partial charge in [-0.15, -0.1) is 0 Å². The maximum Gasteiger partial charge on any atom is 0.319 e. The van der Waals surface area contributed by atoms with Crippen molar-refractivity contribution in [3.8, 4) is 0 Å². The van der Waals surface area contributed by atoms with Gasteiger partial charge in [0.05, 0.1) is 0 Å². The molecule has 0 aromatic rings. The van der Waals surface area contributed by atoms with Crippen molar-refractivity contribution in [3.05, 3.63) is 0 Å². The number of rotatable bonds is 6. The third kappa shape index (κ3) is 5.06. The molecule has 0 radical (unpaired) electrons. The molecule has 0 bridgehead atoms. The first kappa shape index (κ1) is 15.7.